The van der Waals surface area contributed by atoms with E-state index in [9.17, 15) is 9.90 Å². The van der Waals surface area contributed by atoms with Gasteiger partial charge in [0.1, 0.15) is 17.8 Å². The van der Waals surface area contributed by atoms with Crippen molar-refractivity contribution in [3.8, 4) is 0 Å². The lowest BCUT2D eigenvalue weighted by Crippen LogP contribution is -2.78. The van der Waals surface area contributed by atoms with Gasteiger partial charge in [-0.25, -0.2) is 4.79 Å². The Kier molecular flexibility index (Phi) is 15.3. The molecule has 12 heteroatoms. The van der Waals surface area contributed by atoms with E-state index < -0.39 is 84.7 Å². The van der Waals surface area contributed by atoms with E-state index in [4.69, 9.17) is 32.2 Å². The van der Waals surface area contributed by atoms with Gasteiger partial charge in [0.2, 0.25) is 0 Å². The molecule has 1 aromatic rings. The van der Waals surface area contributed by atoms with Crippen molar-refractivity contribution in [2.45, 2.75) is 186 Å². The number of carbonyl (C=O) groups is 1. The molecule has 9 nitrogen and oxygen atoms in total. The number of benzene rings is 1. The fourth-order valence-corrected chi connectivity index (χ4v) is 17.4. The van der Waals surface area contributed by atoms with Gasteiger partial charge >= 0.3 is 5.97 Å². The normalized spacial score (nSPS) is 33.9. The fourth-order valence-electron chi connectivity index (χ4n) is 11.0. The predicted molar refractivity (Wildman–Crippen MR) is 235 cm³/mol. The third-order valence-corrected chi connectivity index (χ3v) is 25.0. The molecule has 4 fully saturated rings. The van der Waals surface area contributed by atoms with Crippen LogP contribution < -0.4 is 0 Å². The molecule has 2 aliphatic heterocycles. The van der Waals surface area contributed by atoms with E-state index in [-0.39, 0.29) is 18.8 Å². The highest BCUT2D eigenvalue weighted by Crippen LogP contribution is 2.63. The largest absolute Gasteiger partial charge is 0.458 e. The van der Waals surface area contributed by atoms with Crippen molar-refractivity contribution < 1.29 is 42.1 Å². The summed E-state index contributed by atoms with van der Waals surface area (Å²) in [6.45, 7) is 31.8. The van der Waals surface area contributed by atoms with E-state index in [1.807, 2.05) is 18.2 Å². The number of ether oxygens (including phenoxy) is 4. The molecule has 2 saturated heterocycles. The number of hydrogen-bond acceptors (Lipinski definition) is 9. The van der Waals surface area contributed by atoms with Crippen LogP contribution in [-0.2, 0) is 32.2 Å². The van der Waals surface area contributed by atoms with Gasteiger partial charge < -0.3 is 37.3 Å². The summed E-state index contributed by atoms with van der Waals surface area (Å²) in [5, 5.41) is 13.0. The molecule has 0 spiro atoms. The Morgan fingerprint density at radius 3 is 2.12 bits per heavy atom. The van der Waals surface area contributed by atoms with Crippen molar-refractivity contribution in [2.24, 2.45) is 16.7 Å². The number of rotatable bonds is 18. The van der Waals surface area contributed by atoms with Crippen LogP contribution in [0.3, 0.4) is 0 Å². The fraction of sp³-hybridized carbons (Fsp3) is 0.756. The van der Waals surface area contributed by atoms with E-state index in [0.717, 1.165) is 53.8 Å². The van der Waals surface area contributed by atoms with Crippen LogP contribution in [0, 0.1) is 16.7 Å². The van der Waals surface area contributed by atoms with Gasteiger partial charge in [0, 0.05) is 24.4 Å². The van der Waals surface area contributed by atoms with E-state index in [1.165, 1.54) is 0 Å². The molecule has 5 rings (SSSR count). The Morgan fingerprint density at radius 2 is 1.60 bits per heavy atom. The molecule has 1 aromatic carbocycles. The number of carbonyl (C=O) groups excluding carboxylic acids is 1. The molecule has 322 valence electrons. The second-order valence-electron chi connectivity index (χ2n) is 18.5. The monoisotopic (exact) mass is 844 g/mol. The van der Waals surface area contributed by atoms with Crippen molar-refractivity contribution >= 4 is 31.6 Å². The SMILES string of the molecule is C=CC1OC2/C(=C(\C)C(CCO[SiH](C)C)O[Si](CC)(CC)CC)C(C)(C)CC(OC(=O)c3ccccc3)C3C4(O)COC4CC(O[Si](CC)(CC)CC)[C@@]3(C)C2O1. The van der Waals surface area contributed by atoms with Crippen LogP contribution in [0.5, 0.6) is 0 Å². The van der Waals surface area contributed by atoms with Gasteiger partial charge in [0.15, 0.2) is 32.0 Å². The molecular weight excluding hydrogens is 769 g/mol. The summed E-state index contributed by atoms with van der Waals surface area (Å²) in [7, 11) is -5.60. The highest BCUT2D eigenvalue weighted by atomic mass is 28.4. The second kappa shape index (κ2) is 18.7. The average Bonchev–Trinajstić information content (AvgIpc) is 3.62. The van der Waals surface area contributed by atoms with Gasteiger partial charge in [-0.3, -0.25) is 0 Å². The molecule has 10 atom stereocenters. The first-order chi connectivity index (χ1) is 27.0. The molecule has 2 aliphatic carbocycles. The molecule has 57 heavy (non-hydrogen) atoms. The highest BCUT2D eigenvalue weighted by molar-refractivity contribution is 6.74. The second-order valence-corrected chi connectivity index (χ2v) is 30.4. The quantitative estimate of drug-likeness (QED) is 0.0880. The van der Waals surface area contributed by atoms with Crippen molar-refractivity contribution in [2.75, 3.05) is 13.2 Å². The Balaban J connectivity index is 1.78. The highest BCUT2D eigenvalue weighted by Gasteiger charge is 2.73. The minimum absolute atomic E-state index is 0.153. The lowest BCUT2D eigenvalue weighted by molar-refractivity contribution is -0.343. The van der Waals surface area contributed by atoms with E-state index in [1.54, 1.807) is 18.2 Å². The average molecular weight is 845 g/mol. The van der Waals surface area contributed by atoms with Crippen molar-refractivity contribution in [3.05, 3.63) is 59.7 Å². The first-order valence-electron chi connectivity index (χ1n) is 22.2. The zero-order valence-electron chi connectivity index (χ0n) is 37.4. The standard InChI is InChI=1S/C45H76O9Si3/c1-14-37-51-39-38(31(8)33(26-27-49-55(12)13)53-56(15-2,16-3)17-4)43(9,10)29-34(50-42(46)32-24-22-21-23-25-32)40-44(11,41(39)52-37)35(28-36-45(40,47)30-48-36)54-57(18-5,19-6)20-7/h14,21-25,33-37,39-41,47,55H,1,15-20,26-30H2,2-13H3/b38-31-/t33?,34?,35?,36?,37?,39?,40?,41?,44-,45?/m1/s1. The minimum atomic E-state index is -2.23. The molecule has 2 saturated carbocycles. The maximum atomic E-state index is 14.3. The lowest BCUT2D eigenvalue weighted by Gasteiger charge is -2.66. The number of esters is 1. The molecule has 0 radical (unpaired) electrons. The Labute approximate surface area is 348 Å². The van der Waals surface area contributed by atoms with Crippen molar-refractivity contribution in [1.82, 2.24) is 0 Å². The number of fused-ring (bicyclic) bond motifs is 5. The van der Waals surface area contributed by atoms with Crippen LogP contribution in [0.4, 0.5) is 0 Å². The smallest absolute Gasteiger partial charge is 0.338 e. The number of aliphatic hydroxyl groups is 1. The third kappa shape index (κ3) is 8.97. The summed E-state index contributed by atoms with van der Waals surface area (Å²) in [6.07, 6.45) is -0.00125. The van der Waals surface area contributed by atoms with Crippen LogP contribution in [-0.4, -0.2) is 98.5 Å². The topological polar surface area (TPSA) is 102 Å². The van der Waals surface area contributed by atoms with E-state index in [0.29, 0.717) is 25.0 Å². The maximum Gasteiger partial charge on any atom is 0.338 e. The van der Waals surface area contributed by atoms with E-state index >= 15 is 0 Å². The molecule has 4 aliphatic rings. The predicted octanol–water partition coefficient (Wildman–Crippen LogP) is 9.58. The molecule has 1 N–H and O–H groups in total. The zero-order valence-corrected chi connectivity index (χ0v) is 40.5. The lowest BCUT2D eigenvalue weighted by atomic mass is 9.49. The Morgan fingerprint density at radius 1 is 0.982 bits per heavy atom. The van der Waals surface area contributed by atoms with Gasteiger partial charge in [-0.2, -0.15) is 0 Å². The summed E-state index contributed by atoms with van der Waals surface area (Å²) < 4.78 is 48.6. The summed E-state index contributed by atoms with van der Waals surface area (Å²) in [5.41, 5.74) is 0.00346. The van der Waals surface area contributed by atoms with Crippen LogP contribution >= 0.6 is 0 Å². The van der Waals surface area contributed by atoms with Crippen LogP contribution in [0.25, 0.3) is 0 Å². The summed E-state index contributed by atoms with van der Waals surface area (Å²) in [5.74, 6) is -0.987. The molecule has 2 heterocycles. The van der Waals surface area contributed by atoms with Gasteiger partial charge in [-0.15, -0.1) is 0 Å². The summed E-state index contributed by atoms with van der Waals surface area (Å²) in [6, 6.07) is 15.2. The first-order valence-corrected chi connectivity index (χ1v) is 30.0. The number of hydrogen-bond donors (Lipinski definition) is 1. The molecule has 9 unspecified atom stereocenters. The van der Waals surface area contributed by atoms with Gasteiger partial charge in [-0.1, -0.05) is 87.1 Å². The van der Waals surface area contributed by atoms with Crippen molar-refractivity contribution in [3.63, 3.8) is 0 Å². The molecular formula is C45H76O9Si3. The third-order valence-electron chi connectivity index (χ3n) is 14.8. The minimum Gasteiger partial charge on any atom is -0.458 e. The van der Waals surface area contributed by atoms with Crippen LogP contribution in [0.1, 0.15) is 98.9 Å². The maximum absolute atomic E-state index is 14.3. The van der Waals surface area contributed by atoms with E-state index in [2.05, 4.69) is 88.9 Å². The van der Waals surface area contributed by atoms with Gasteiger partial charge in [0.25, 0.3) is 0 Å². The molecule has 0 bridgehead atoms. The van der Waals surface area contributed by atoms with Crippen LogP contribution in [0.2, 0.25) is 49.4 Å². The first kappa shape index (κ1) is 46.6. The zero-order chi connectivity index (χ0) is 42.0. The molecule has 0 amide bonds. The van der Waals surface area contributed by atoms with Gasteiger partial charge in [-0.05, 0) is 104 Å². The van der Waals surface area contributed by atoms with Gasteiger partial charge in [0.05, 0.1) is 36.6 Å². The van der Waals surface area contributed by atoms with Crippen LogP contribution in [0.15, 0.2) is 54.1 Å². The summed E-state index contributed by atoms with van der Waals surface area (Å²) in [4.78, 5) is 14.3. The molecule has 0 aromatic heterocycles. The van der Waals surface area contributed by atoms with Crippen molar-refractivity contribution in [1.29, 1.82) is 0 Å². The Hall–Kier alpha value is -1.46. The Bertz CT molecular complexity index is 1530. The summed E-state index contributed by atoms with van der Waals surface area (Å²) >= 11 is 0.